The Bertz CT molecular complexity index is 944. The highest BCUT2D eigenvalue weighted by molar-refractivity contribution is 5.94. The average molecular weight is 364 g/mol. The number of rotatable bonds is 5. The predicted molar refractivity (Wildman–Crippen MR) is 108 cm³/mol. The summed E-state index contributed by atoms with van der Waals surface area (Å²) >= 11 is 0. The number of nitrogens with zero attached hydrogens (tertiary/aromatic N) is 1. The number of aromatic nitrogens is 1. The van der Waals surface area contributed by atoms with Crippen LogP contribution >= 0.6 is 0 Å². The highest BCUT2D eigenvalue weighted by Gasteiger charge is 2.13. The zero-order valence-corrected chi connectivity index (χ0v) is 16.1. The smallest absolute Gasteiger partial charge is 0.262 e. The van der Waals surface area contributed by atoms with E-state index in [4.69, 9.17) is 9.47 Å². The summed E-state index contributed by atoms with van der Waals surface area (Å²) in [6.45, 7) is 6.41. The Balaban J connectivity index is 1.60. The van der Waals surface area contributed by atoms with Gasteiger partial charge in [0.25, 0.3) is 5.91 Å². The minimum absolute atomic E-state index is 0.0600. The molecule has 0 fully saturated rings. The third-order valence-electron chi connectivity index (χ3n) is 4.27. The van der Waals surface area contributed by atoms with Gasteiger partial charge in [0.2, 0.25) is 0 Å². The second kappa shape index (κ2) is 7.66. The number of carbonyl (C=O) groups excluding carboxylic acids is 1. The van der Waals surface area contributed by atoms with E-state index in [0.29, 0.717) is 11.4 Å². The van der Waals surface area contributed by atoms with Crippen molar-refractivity contribution in [2.24, 2.45) is 0 Å². The molecule has 1 aromatic heterocycles. The Morgan fingerprint density at radius 1 is 1.04 bits per heavy atom. The van der Waals surface area contributed by atoms with Gasteiger partial charge in [-0.2, -0.15) is 0 Å². The van der Waals surface area contributed by atoms with Crippen molar-refractivity contribution in [2.45, 2.75) is 26.2 Å². The molecule has 0 aliphatic carbocycles. The maximum atomic E-state index is 12.2. The Morgan fingerprint density at radius 2 is 1.74 bits per heavy atom. The van der Waals surface area contributed by atoms with E-state index in [2.05, 4.69) is 31.1 Å². The number of benzene rings is 2. The van der Waals surface area contributed by atoms with Gasteiger partial charge < -0.3 is 14.8 Å². The van der Waals surface area contributed by atoms with E-state index < -0.39 is 0 Å². The fourth-order valence-electron chi connectivity index (χ4n) is 2.69. The quantitative estimate of drug-likeness (QED) is 0.721. The van der Waals surface area contributed by atoms with Gasteiger partial charge in [-0.05, 0) is 41.3 Å². The summed E-state index contributed by atoms with van der Waals surface area (Å²) in [6, 6.07) is 15.3. The molecular weight excluding hydrogens is 340 g/mol. The lowest BCUT2D eigenvalue weighted by Crippen LogP contribution is -2.20. The lowest BCUT2D eigenvalue weighted by molar-refractivity contribution is -0.118. The number of fused-ring (bicyclic) bond motifs is 1. The topological polar surface area (TPSA) is 60.5 Å². The number of amides is 1. The van der Waals surface area contributed by atoms with Gasteiger partial charge in [0.15, 0.2) is 6.61 Å². The summed E-state index contributed by atoms with van der Waals surface area (Å²) in [5.41, 5.74) is 2.74. The van der Waals surface area contributed by atoms with Gasteiger partial charge in [-0.1, -0.05) is 32.9 Å². The van der Waals surface area contributed by atoms with Gasteiger partial charge in [-0.25, -0.2) is 0 Å². The van der Waals surface area contributed by atoms with Gasteiger partial charge >= 0.3 is 0 Å². The first-order valence-electron chi connectivity index (χ1n) is 8.82. The molecule has 0 aliphatic heterocycles. The zero-order chi connectivity index (χ0) is 19.4. The fraction of sp³-hybridized carbons (Fsp3) is 0.273. The van der Waals surface area contributed by atoms with Crippen molar-refractivity contribution in [3.8, 4) is 11.5 Å². The van der Waals surface area contributed by atoms with Crippen LogP contribution < -0.4 is 14.8 Å². The number of hydrogen-bond acceptors (Lipinski definition) is 4. The van der Waals surface area contributed by atoms with Crippen LogP contribution in [0.3, 0.4) is 0 Å². The summed E-state index contributed by atoms with van der Waals surface area (Å²) in [5.74, 6) is 1.18. The first-order chi connectivity index (χ1) is 12.8. The Morgan fingerprint density at radius 3 is 2.41 bits per heavy atom. The van der Waals surface area contributed by atoms with Crippen LogP contribution in [-0.2, 0) is 10.2 Å². The van der Waals surface area contributed by atoms with Gasteiger partial charge in [-0.15, -0.1) is 0 Å². The van der Waals surface area contributed by atoms with Crippen molar-refractivity contribution >= 4 is 22.5 Å². The van der Waals surface area contributed by atoms with Gasteiger partial charge in [-0.3, -0.25) is 9.78 Å². The summed E-state index contributed by atoms with van der Waals surface area (Å²) in [4.78, 5) is 16.5. The predicted octanol–water partition coefficient (Wildman–Crippen LogP) is 4.56. The lowest BCUT2D eigenvalue weighted by Gasteiger charge is -2.19. The van der Waals surface area contributed by atoms with Crippen molar-refractivity contribution in [3.63, 3.8) is 0 Å². The van der Waals surface area contributed by atoms with Gasteiger partial charge in [0.05, 0.1) is 24.5 Å². The molecule has 140 valence electrons. The lowest BCUT2D eigenvalue weighted by atomic mass is 9.87. The van der Waals surface area contributed by atoms with Crippen LogP contribution in [0.1, 0.15) is 26.3 Å². The number of nitrogens with one attached hydrogen (secondary N) is 1. The van der Waals surface area contributed by atoms with Crippen LogP contribution in [0.4, 0.5) is 5.69 Å². The zero-order valence-electron chi connectivity index (χ0n) is 16.1. The largest absolute Gasteiger partial charge is 0.497 e. The molecule has 0 bridgehead atoms. The Kier molecular flexibility index (Phi) is 5.31. The van der Waals surface area contributed by atoms with Crippen LogP contribution in [0, 0.1) is 0 Å². The number of hydrogen-bond donors (Lipinski definition) is 1. The van der Waals surface area contributed by atoms with Crippen molar-refractivity contribution in [1.29, 1.82) is 0 Å². The van der Waals surface area contributed by atoms with Crippen LogP contribution in [0.15, 0.2) is 54.7 Å². The van der Waals surface area contributed by atoms with Crippen LogP contribution in [0.25, 0.3) is 10.9 Å². The molecular formula is C22H24N2O3. The summed E-state index contributed by atoms with van der Waals surface area (Å²) in [7, 11) is 1.62. The summed E-state index contributed by atoms with van der Waals surface area (Å²) in [5, 5.41) is 3.73. The molecule has 3 aromatic rings. The van der Waals surface area contributed by atoms with E-state index in [1.165, 1.54) is 5.56 Å². The van der Waals surface area contributed by atoms with E-state index in [1.54, 1.807) is 13.3 Å². The molecule has 2 aromatic carbocycles. The molecule has 1 N–H and O–H groups in total. The molecule has 0 radical (unpaired) electrons. The third kappa shape index (κ3) is 4.76. The monoisotopic (exact) mass is 364 g/mol. The van der Waals surface area contributed by atoms with E-state index in [-0.39, 0.29) is 17.9 Å². The standard InChI is InChI=1S/C22H24N2O3/c1-22(2,3)16-6-9-18(10-7-16)27-14-21(25)24-17-11-15-5-8-19(26-4)12-20(15)23-13-17/h5-13H,14H2,1-4H3,(H,24,25). The number of carbonyl (C=O) groups is 1. The van der Waals surface area contributed by atoms with E-state index in [9.17, 15) is 4.79 Å². The van der Waals surface area contributed by atoms with Crippen LogP contribution in [0.5, 0.6) is 11.5 Å². The van der Waals surface area contributed by atoms with Crippen molar-refractivity contribution in [2.75, 3.05) is 19.0 Å². The first kappa shape index (κ1) is 18.7. The summed E-state index contributed by atoms with van der Waals surface area (Å²) in [6.07, 6.45) is 1.62. The summed E-state index contributed by atoms with van der Waals surface area (Å²) < 4.78 is 10.8. The molecule has 5 heteroatoms. The molecule has 5 nitrogen and oxygen atoms in total. The maximum absolute atomic E-state index is 12.2. The van der Waals surface area contributed by atoms with Crippen molar-refractivity contribution in [3.05, 3.63) is 60.3 Å². The second-order valence-electron chi connectivity index (χ2n) is 7.39. The van der Waals surface area contributed by atoms with Gasteiger partial charge in [0.1, 0.15) is 11.5 Å². The van der Waals surface area contributed by atoms with Gasteiger partial charge in [0, 0.05) is 11.5 Å². The number of anilines is 1. The molecule has 0 saturated heterocycles. The molecule has 0 saturated carbocycles. The number of ether oxygens (including phenoxy) is 2. The highest BCUT2D eigenvalue weighted by Crippen LogP contribution is 2.24. The molecule has 0 unspecified atom stereocenters. The minimum Gasteiger partial charge on any atom is -0.497 e. The Hall–Kier alpha value is -3.08. The van der Waals surface area contributed by atoms with Crippen LogP contribution in [-0.4, -0.2) is 24.6 Å². The van der Waals surface area contributed by atoms with E-state index in [0.717, 1.165) is 16.7 Å². The molecule has 0 atom stereocenters. The van der Waals surface area contributed by atoms with Crippen molar-refractivity contribution < 1.29 is 14.3 Å². The molecule has 0 aliphatic rings. The van der Waals surface area contributed by atoms with E-state index in [1.807, 2.05) is 48.5 Å². The average Bonchev–Trinajstić information content (AvgIpc) is 2.65. The van der Waals surface area contributed by atoms with Crippen molar-refractivity contribution in [1.82, 2.24) is 4.98 Å². The SMILES string of the molecule is COc1ccc2cc(NC(=O)COc3ccc(C(C)(C)C)cc3)cnc2c1. The highest BCUT2D eigenvalue weighted by atomic mass is 16.5. The molecule has 0 spiro atoms. The molecule has 1 heterocycles. The minimum atomic E-state index is -0.232. The van der Waals surface area contributed by atoms with Crippen LogP contribution in [0.2, 0.25) is 0 Å². The number of pyridine rings is 1. The second-order valence-corrected chi connectivity index (χ2v) is 7.39. The van der Waals surface area contributed by atoms with E-state index >= 15 is 0 Å². The molecule has 3 rings (SSSR count). The Labute approximate surface area is 159 Å². The fourth-order valence-corrected chi connectivity index (χ4v) is 2.69. The third-order valence-corrected chi connectivity index (χ3v) is 4.27. The molecule has 27 heavy (non-hydrogen) atoms. The number of methoxy groups -OCH3 is 1. The molecule has 1 amide bonds. The maximum Gasteiger partial charge on any atom is 0.262 e. The first-order valence-corrected chi connectivity index (χ1v) is 8.82. The normalized spacial score (nSPS) is 11.3.